The first-order chi connectivity index (χ1) is 11.8. The summed E-state index contributed by atoms with van der Waals surface area (Å²) in [6, 6.07) is 0. The number of halogens is 1. The number of hydrogen-bond donors (Lipinski definition) is 2. The summed E-state index contributed by atoms with van der Waals surface area (Å²) < 4.78 is 30.2. The first-order valence-corrected chi connectivity index (χ1v) is 11.2. The molecule has 1 saturated heterocycles. The largest absolute Gasteiger partial charge is 0.380 e. The van der Waals surface area contributed by atoms with Crippen molar-refractivity contribution in [2.24, 2.45) is 16.8 Å². The number of sulfonamides is 1. The SMILES string of the molecule is CCNC(=NCC1CCN(S(C)(=O)=O)CC1)NCCOCCC(C)C.I. The maximum atomic E-state index is 11.5. The number of hydrogen-bond acceptors (Lipinski definition) is 4. The molecule has 1 aliphatic rings. The smallest absolute Gasteiger partial charge is 0.211 e. The summed E-state index contributed by atoms with van der Waals surface area (Å²) in [5, 5.41) is 6.53. The van der Waals surface area contributed by atoms with E-state index in [9.17, 15) is 8.42 Å². The van der Waals surface area contributed by atoms with Gasteiger partial charge < -0.3 is 15.4 Å². The first kappa shape index (κ1) is 25.9. The van der Waals surface area contributed by atoms with Gasteiger partial charge in [-0.25, -0.2) is 12.7 Å². The summed E-state index contributed by atoms with van der Waals surface area (Å²) in [4.78, 5) is 4.64. The van der Waals surface area contributed by atoms with Gasteiger partial charge in [0.1, 0.15) is 0 Å². The van der Waals surface area contributed by atoms with E-state index in [1.165, 1.54) is 6.26 Å². The van der Waals surface area contributed by atoms with Crippen LogP contribution in [-0.4, -0.2) is 70.9 Å². The van der Waals surface area contributed by atoms with Crippen molar-refractivity contribution in [3.05, 3.63) is 0 Å². The molecule has 26 heavy (non-hydrogen) atoms. The van der Waals surface area contributed by atoms with Crippen molar-refractivity contribution in [2.75, 3.05) is 52.2 Å². The van der Waals surface area contributed by atoms with Crippen molar-refractivity contribution in [3.8, 4) is 0 Å². The number of guanidine groups is 1. The Bertz CT molecular complexity index is 492. The molecular formula is C17H37IN4O3S. The summed E-state index contributed by atoms with van der Waals surface area (Å²) in [6.07, 6.45) is 4.10. The van der Waals surface area contributed by atoms with E-state index in [2.05, 4.69) is 29.5 Å². The summed E-state index contributed by atoms with van der Waals surface area (Å²) in [7, 11) is -3.06. The van der Waals surface area contributed by atoms with Crippen molar-refractivity contribution < 1.29 is 13.2 Å². The van der Waals surface area contributed by atoms with Gasteiger partial charge in [0, 0.05) is 39.3 Å². The molecule has 0 saturated carbocycles. The van der Waals surface area contributed by atoms with Crippen LogP contribution in [-0.2, 0) is 14.8 Å². The number of nitrogens with zero attached hydrogens (tertiary/aromatic N) is 2. The fourth-order valence-corrected chi connectivity index (χ4v) is 3.52. The third-order valence-corrected chi connectivity index (χ3v) is 5.58. The van der Waals surface area contributed by atoms with Gasteiger partial charge >= 0.3 is 0 Å². The van der Waals surface area contributed by atoms with Crippen LogP contribution in [0.1, 0.15) is 40.0 Å². The molecule has 156 valence electrons. The Morgan fingerprint density at radius 3 is 2.42 bits per heavy atom. The minimum atomic E-state index is -3.06. The molecule has 0 aromatic carbocycles. The molecule has 0 unspecified atom stereocenters. The van der Waals surface area contributed by atoms with Crippen molar-refractivity contribution in [1.29, 1.82) is 0 Å². The van der Waals surface area contributed by atoms with Crippen LogP contribution >= 0.6 is 24.0 Å². The highest BCUT2D eigenvalue weighted by molar-refractivity contribution is 14.0. The van der Waals surface area contributed by atoms with E-state index in [0.717, 1.165) is 51.5 Å². The lowest BCUT2D eigenvalue weighted by atomic mass is 9.98. The lowest BCUT2D eigenvalue weighted by Crippen LogP contribution is -2.40. The molecule has 0 aliphatic carbocycles. The third kappa shape index (κ3) is 11.6. The predicted octanol–water partition coefficient (Wildman–Crippen LogP) is 1.89. The molecule has 1 aliphatic heterocycles. The lowest BCUT2D eigenvalue weighted by molar-refractivity contribution is 0.128. The van der Waals surface area contributed by atoms with Gasteiger partial charge in [0.2, 0.25) is 10.0 Å². The van der Waals surface area contributed by atoms with Gasteiger partial charge in [0.25, 0.3) is 0 Å². The fourth-order valence-electron chi connectivity index (χ4n) is 2.65. The van der Waals surface area contributed by atoms with Crippen molar-refractivity contribution in [3.63, 3.8) is 0 Å². The quantitative estimate of drug-likeness (QED) is 0.206. The Labute approximate surface area is 176 Å². The van der Waals surface area contributed by atoms with Gasteiger partial charge in [-0.3, -0.25) is 4.99 Å². The van der Waals surface area contributed by atoms with Gasteiger partial charge in [-0.2, -0.15) is 0 Å². The zero-order valence-electron chi connectivity index (χ0n) is 16.7. The molecule has 2 N–H and O–H groups in total. The Morgan fingerprint density at radius 2 is 1.88 bits per heavy atom. The molecule has 0 bridgehead atoms. The van der Waals surface area contributed by atoms with Gasteiger partial charge in [-0.05, 0) is 38.0 Å². The van der Waals surface area contributed by atoms with E-state index < -0.39 is 10.0 Å². The lowest BCUT2D eigenvalue weighted by Gasteiger charge is -2.29. The van der Waals surface area contributed by atoms with Crippen molar-refractivity contribution in [1.82, 2.24) is 14.9 Å². The molecule has 0 aromatic heterocycles. The van der Waals surface area contributed by atoms with Crippen LogP contribution in [0.15, 0.2) is 4.99 Å². The topological polar surface area (TPSA) is 83.0 Å². The second-order valence-corrected chi connectivity index (χ2v) is 9.03. The van der Waals surface area contributed by atoms with E-state index in [1.54, 1.807) is 4.31 Å². The van der Waals surface area contributed by atoms with Crippen molar-refractivity contribution >= 4 is 40.0 Å². The minimum absolute atomic E-state index is 0. The number of piperidine rings is 1. The second-order valence-electron chi connectivity index (χ2n) is 7.05. The summed E-state index contributed by atoms with van der Waals surface area (Å²) in [5.41, 5.74) is 0. The summed E-state index contributed by atoms with van der Waals surface area (Å²) >= 11 is 0. The van der Waals surface area contributed by atoms with Crippen LogP contribution in [0.4, 0.5) is 0 Å². The molecule has 0 aromatic rings. The van der Waals surface area contributed by atoms with Gasteiger partial charge in [-0.1, -0.05) is 13.8 Å². The normalized spacial score (nSPS) is 17.2. The number of rotatable bonds is 10. The number of nitrogens with one attached hydrogen (secondary N) is 2. The van der Waals surface area contributed by atoms with Crippen LogP contribution in [0.2, 0.25) is 0 Å². The summed E-state index contributed by atoms with van der Waals surface area (Å²) in [6.45, 7) is 11.4. The van der Waals surface area contributed by atoms with Gasteiger partial charge in [-0.15, -0.1) is 24.0 Å². The highest BCUT2D eigenvalue weighted by atomic mass is 127. The zero-order chi connectivity index (χ0) is 18.7. The average molecular weight is 504 g/mol. The van der Waals surface area contributed by atoms with Crippen LogP contribution in [0, 0.1) is 11.8 Å². The van der Waals surface area contributed by atoms with E-state index in [4.69, 9.17) is 4.74 Å². The molecule has 1 rings (SSSR count). The maximum Gasteiger partial charge on any atom is 0.211 e. The molecule has 0 radical (unpaired) electrons. The van der Waals surface area contributed by atoms with Crippen LogP contribution < -0.4 is 10.6 Å². The van der Waals surface area contributed by atoms with Crippen LogP contribution in [0.25, 0.3) is 0 Å². The Kier molecular flexibility index (Phi) is 13.9. The zero-order valence-corrected chi connectivity index (χ0v) is 19.8. The van der Waals surface area contributed by atoms with Gasteiger partial charge in [0.05, 0.1) is 12.9 Å². The number of ether oxygens (including phenoxy) is 1. The Morgan fingerprint density at radius 1 is 1.23 bits per heavy atom. The summed E-state index contributed by atoms with van der Waals surface area (Å²) in [5.74, 6) is 1.91. The first-order valence-electron chi connectivity index (χ1n) is 9.38. The molecule has 7 nitrogen and oxygen atoms in total. The Hall–Kier alpha value is -0.130. The van der Waals surface area contributed by atoms with Crippen LogP contribution in [0.5, 0.6) is 0 Å². The molecule has 1 heterocycles. The maximum absolute atomic E-state index is 11.5. The molecular weight excluding hydrogens is 467 g/mol. The third-order valence-electron chi connectivity index (χ3n) is 4.27. The molecule has 0 amide bonds. The Balaban J connectivity index is 0.00000625. The van der Waals surface area contributed by atoms with E-state index in [0.29, 0.717) is 31.5 Å². The highest BCUT2D eigenvalue weighted by Gasteiger charge is 2.24. The van der Waals surface area contributed by atoms with E-state index in [-0.39, 0.29) is 24.0 Å². The number of aliphatic imine (C=N–C) groups is 1. The average Bonchev–Trinajstić information content (AvgIpc) is 2.55. The van der Waals surface area contributed by atoms with E-state index in [1.807, 2.05) is 6.92 Å². The highest BCUT2D eigenvalue weighted by Crippen LogP contribution is 2.19. The minimum Gasteiger partial charge on any atom is -0.380 e. The second kappa shape index (κ2) is 14.0. The van der Waals surface area contributed by atoms with E-state index >= 15 is 0 Å². The molecule has 0 atom stereocenters. The standard InChI is InChI=1S/C17H36N4O3S.HI/c1-5-18-17(19-9-13-24-12-8-15(2)3)20-14-16-6-10-21(11-7-16)25(4,22)23;/h15-16H,5-14H2,1-4H3,(H2,18,19,20);1H. The molecule has 0 spiro atoms. The molecule has 9 heteroatoms. The van der Waals surface area contributed by atoms with Crippen LogP contribution in [0.3, 0.4) is 0 Å². The fraction of sp³-hybridized carbons (Fsp3) is 0.941. The predicted molar refractivity (Wildman–Crippen MR) is 119 cm³/mol. The molecule has 1 fully saturated rings. The van der Waals surface area contributed by atoms with Crippen molar-refractivity contribution in [2.45, 2.75) is 40.0 Å². The van der Waals surface area contributed by atoms with Gasteiger partial charge in [0.15, 0.2) is 5.96 Å². The monoisotopic (exact) mass is 504 g/mol.